The van der Waals surface area contributed by atoms with Crippen LogP contribution in [-0.4, -0.2) is 34.5 Å². The van der Waals surface area contributed by atoms with Gasteiger partial charge in [0.25, 0.3) is 0 Å². The first-order chi connectivity index (χ1) is 13.5. The predicted octanol–water partition coefficient (Wildman–Crippen LogP) is 5.19. The number of carbonyl (C=O) groups excluding carboxylic acids is 2. The van der Waals surface area contributed by atoms with Crippen LogP contribution in [0.1, 0.15) is 68.4 Å². The molecule has 0 radical (unpaired) electrons. The molecule has 0 aliphatic carbocycles. The molecule has 2 aliphatic rings. The van der Waals surface area contributed by atoms with E-state index in [-0.39, 0.29) is 23.2 Å². The Kier molecular flexibility index (Phi) is 5.67. The van der Waals surface area contributed by atoms with Crippen LogP contribution in [0.5, 0.6) is 11.5 Å². The van der Waals surface area contributed by atoms with Crippen LogP contribution < -0.4 is 4.74 Å². The highest BCUT2D eigenvalue weighted by Crippen LogP contribution is 2.46. The number of ketones is 1. The number of phenolic OH excluding ortho intramolecular Hbond substituents is 1. The second-order valence-corrected chi connectivity index (χ2v) is 8.92. The first-order valence-electron chi connectivity index (χ1n) is 9.75. The molecule has 1 fully saturated rings. The second kappa shape index (κ2) is 7.62. The van der Waals surface area contributed by atoms with E-state index in [0.29, 0.717) is 41.0 Å². The molecule has 1 aromatic rings. The molecule has 3 rings (SSSR count). The molecule has 2 unspecified atom stereocenters. The normalized spacial score (nSPS) is 25.7. The van der Waals surface area contributed by atoms with Crippen molar-refractivity contribution in [2.24, 2.45) is 0 Å². The monoisotopic (exact) mass is 418 g/mol. The first-order valence-corrected chi connectivity index (χ1v) is 10.1. The summed E-state index contributed by atoms with van der Waals surface area (Å²) in [4.78, 5) is 23.3. The van der Waals surface area contributed by atoms with Crippen molar-refractivity contribution in [1.29, 1.82) is 0 Å². The van der Waals surface area contributed by atoms with E-state index in [4.69, 9.17) is 21.1 Å². The van der Waals surface area contributed by atoms with Gasteiger partial charge in [-0.2, -0.15) is 0 Å². The third-order valence-corrected chi connectivity index (χ3v) is 6.29. The number of aldehydes is 1. The fourth-order valence-corrected chi connectivity index (χ4v) is 3.99. The largest absolute Gasteiger partial charge is 0.506 e. The third kappa shape index (κ3) is 3.99. The number of aromatic hydroxyl groups is 1. The summed E-state index contributed by atoms with van der Waals surface area (Å²) in [6.07, 6.45) is 7.94. The van der Waals surface area contributed by atoms with E-state index in [1.54, 1.807) is 26.8 Å². The van der Waals surface area contributed by atoms with Gasteiger partial charge in [0.05, 0.1) is 22.3 Å². The summed E-state index contributed by atoms with van der Waals surface area (Å²) in [6.45, 7) is 9.22. The molecule has 0 aromatic heterocycles. The van der Waals surface area contributed by atoms with Gasteiger partial charge in [0.2, 0.25) is 0 Å². The number of ether oxygens (including phenoxy) is 2. The van der Waals surface area contributed by atoms with Gasteiger partial charge in [-0.1, -0.05) is 17.7 Å². The van der Waals surface area contributed by atoms with Gasteiger partial charge in [0, 0.05) is 6.42 Å². The average molecular weight is 419 g/mol. The Bertz CT molecular complexity index is 928. The smallest absolute Gasteiger partial charge is 0.167 e. The number of fused-ring (bicyclic) bond motifs is 1. The van der Waals surface area contributed by atoms with Gasteiger partial charge in [-0.15, -0.1) is 0 Å². The summed E-state index contributed by atoms with van der Waals surface area (Å²) in [7, 11) is 0. The molecule has 0 saturated carbocycles. The fourth-order valence-electron chi connectivity index (χ4n) is 3.75. The Balaban J connectivity index is 1.74. The maximum atomic E-state index is 12.0. The summed E-state index contributed by atoms with van der Waals surface area (Å²) in [5, 5.41) is 10.7. The number of allylic oxidation sites excluding steroid dienone is 1. The lowest BCUT2D eigenvalue weighted by Crippen LogP contribution is -2.32. The molecule has 29 heavy (non-hydrogen) atoms. The van der Waals surface area contributed by atoms with E-state index in [1.807, 2.05) is 19.9 Å². The zero-order valence-electron chi connectivity index (χ0n) is 17.5. The minimum Gasteiger partial charge on any atom is -0.506 e. The highest BCUT2D eigenvalue weighted by atomic mass is 35.5. The van der Waals surface area contributed by atoms with Gasteiger partial charge in [0.1, 0.15) is 22.7 Å². The van der Waals surface area contributed by atoms with Crippen molar-refractivity contribution >= 4 is 29.7 Å². The molecule has 5 nitrogen and oxygen atoms in total. The van der Waals surface area contributed by atoms with Gasteiger partial charge < -0.3 is 14.6 Å². The van der Waals surface area contributed by atoms with Crippen LogP contribution >= 0.6 is 11.6 Å². The molecule has 1 aromatic carbocycles. The number of carbonyl (C=O) groups is 2. The second-order valence-electron chi connectivity index (χ2n) is 8.54. The number of Topliss-reactive ketones (excluding diaryl/α,β-unsaturated/α-hetero) is 1. The summed E-state index contributed by atoms with van der Waals surface area (Å²) >= 11 is 6.42. The average Bonchev–Trinajstić information content (AvgIpc) is 2.93. The summed E-state index contributed by atoms with van der Waals surface area (Å²) in [6, 6.07) is 0. The molecule has 2 heterocycles. The zero-order chi connectivity index (χ0) is 21.6. The molecule has 156 valence electrons. The standard InChI is InChI=1S/C23H27ClO5/c1-13(17-11-18(26)22(3,4)28-17)7-6-9-23(5)10-8-15-20(27)16(12-25)14(2)19(24)21(15)29-23/h7-8,10,12,17,27H,6,9,11H2,1-5H3. The number of hydrogen-bond acceptors (Lipinski definition) is 5. The van der Waals surface area contributed by atoms with Crippen LogP contribution in [0.4, 0.5) is 0 Å². The molecule has 0 amide bonds. The van der Waals surface area contributed by atoms with Crippen molar-refractivity contribution in [3.8, 4) is 11.5 Å². The van der Waals surface area contributed by atoms with Gasteiger partial charge in [-0.05, 0) is 70.7 Å². The number of rotatable bonds is 5. The van der Waals surface area contributed by atoms with Gasteiger partial charge in [-0.3, -0.25) is 9.59 Å². The number of hydrogen-bond donors (Lipinski definition) is 1. The van der Waals surface area contributed by atoms with Crippen LogP contribution in [0.3, 0.4) is 0 Å². The molecule has 0 spiro atoms. The zero-order valence-corrected chi connectivity index (χ0v) is 18.2. The number of halogens is 1. The third-order valence-electron chi connectivity index (χ3n) is 5.84. The van der Waals surface area contributed by atoms with Crippen LogP contribution in [0.25, 0.3) is 6.08 Å². The van der Waals surface area contributed by atoms with Crippen molar-refractivity contribution < 1.29 is 24.2 Å². The maximum absolute atomic E-state index is 12.0. The molecule has 1 saturated heterocycles. The molecule has 0 bridgehead atoms. The highest BCUT2D eigenvalue weighted by Gasteiger charge is 2.40. The van der Waals surface area contributed by atoms with Crippen LogP contribution in [-0.2, 0) is 9.53 Å². The Morgan fingerprint density at radius 2 is 2.07 bits per heavy atom. The Labute approximate surface area is 176 Å². The van der Waals surface area contributed by atoms with E-state index in [1.165, 1.54) is 0 Å². The SMILES string of the molecule is CC(=CCCC1(C)C=Cc2c(O)c(C=O)c(C)c(Cl)c2O1)C1CC(=O)C(C)(C)O1. The Hall–Kier alpha value is -2.11. The maximum Gasteiger partial charge on any atom is 0.167 e. The van der Waals surface area contributed by atoms with E-state index >= 15 is 0 Å². The van der Waals surface area contributed by atoms with E-state index in [9.17, 15) is 14.7 Å². The summed E-state index contributed by atoms with van der Waals surface area (Å²) in [5.41, 5.74) is 0.805. The molecular weight excluding hydrogens is 392 g/mol. The van der Waals surface area contributed by atoms with Crippen LogP contribution in [0, 0.1) is 6.92 Å². The Morgan fingerprint density at radius 1 is 1.38 bits per heavy atom. The first kappa shape index (κ1) is 21.6. The molecule has 6 heteroatoms. The molecule has 2 atom stereocenters. The van der Waals surface area contributed by atoms with Crippen molar-refractivity contribution in [2.45, 2.75) is 71.2 Å². The van der Waals surface area contributed by atoms with Gasteiger partial charge in [-0.25, -0.2) is 0 Å². The van der Waals surface area contributed by atoms with E-state index in [0.717, 1.165) is 12.0 Å². The van der Waals surface area contributed by atoms with Crippen molar-refractivity contribution in [1.82, 2.24) is 0 Å². The van der Waals surface area contributed by atoms with Crippen LogP contribution in [0.15, 0.2) is 17.7 Å². The summed E-state index contributed by atoms with van der Waals surface area (Å²) in [5.74, 6) is 0.401. The Morgan fingerprint density at radius 3 is 2.66 bits per heavy atom. The topological polar surface area (TPSA) is 72.8 Å². The lowest BCUT2D eigenvalue weighted by atomic mass is 9.92. The molecule has 2 aliphatic heterocycles. The fraction of sp³-hybridized carbons (Fsp3) is 0.478. The number of phenols is 1. The van der Waals surface area contributed by atoms with E-state index < -0.39 is 11.2 Å². The van der Waals surface area contributed by atoms with Crippen molar-refractivity contribution in [3.63, 3.8) is 0 Å². The lowest BCUT2D eigenvalue weighted by Gasteiger charge is -2.33. The van der Waals surface area contributed by atoms with Crippen molar-refractivity contribution in [2.75, 3.05) is 0 Å². The van der Waals surface area contributed by atoms with Crippen molar-refractivity contribution in [3.05, 3.63) is 39.4 Å². The minimum atomic E-state index is -0.721. The summed E-state index contributed by atoms with van der Waals surface area (Å²) < 4.78 is 12.0. The van der Waals surface area contributed by atoms with Gasteiger partial charge in [0.15, 0.2) is 12.1 Å². The lowest BCUT2D eigenvalue weighted by molar-refractivity contribution is -0.129. The minimum absolute atomic E-state index is 0.114. The predicted molar refractivity (Wildman–Crippen MR) is 113 cm³/mol. The molecule has 1 N–H and O–H groups in total. The molecular formula is C23H27ClO5. The highest BCUT2D eigenvalue weighted by molar-refractivity contribution is 6.33. The van der Waals surface area contributed by atoms with Gasteiger partial charge >= 0.3 is 0 Å². The number of benzene rings is 1. The van der Waals surface area contributed by atoms with E-state index in [2.05, 4.69) is 6.08 Å². The quantitative estimate of drug-likeness (QED) is 0.526. The van der Waals surface area contributed by atoms with Crippen LogP contribution in [0.2, 0.25) is 5.02 Å².